The number of aldehydes is 1. The second-order valence-corrected chi connectivity index (χ2v) is 6.09. The summed E-state index contributed by atoms with van der Waals surface area (Å²) in [6.07, 6.45) is 0.690. The van der Waals surface area contributed by atoms with Gasteiger partial charge in [-0.25, -0.2) is 8.42 Å². The first kappa shape index (κ1) is 14.5. The summed E-state index contributed by atoms with van der Waals surface area (Å²) in [6, 6.07) is 4.72. The minimum Gasteiger partial charge on any atom is -0.493 e. The van der Waals surface area contributed by atoms with E-state index in [-0.39, 0.29) is 18.1 Å². The highest BCUT2D eigenvalue weighted by Gasteiger charge is 2.10. The summed E-state index contributed by atoms with van der Waals surface area (Å²) >= 11 is 0. The molecule has 0 radical (unpaired) electrons. The van der Waals surface area contributed by atoms with E-state index in [1.807, 2.05) is 0 Å². The van der Waals surface area contributed by atoms with Crippen molar-refractivity contribution >= 4 is 16.1 Å². The predicted molar refractivity (Wildman–Crippen MR) is 68.2 cm³/mol. The van der Waals surface area contributed by atoms with Gasteiger partial charge in [0.05, 0.1) is 12.9 Å². The van der Waals surface area contributed by atoms with Crippen LogP contribution in [0.15, 0.2) is 18.2 Å². The molecular formula is C12H16O5S. The molecule has 0 bridgehead atoms. The highest BCUT2D eigenvalue weighted by molar-refractivity contribution is 7.91. The summed E-state index contributed by atoms with van der Waals surface area (Å²) < 4.78 is 33.0. The molecule has 0 amide bonds. The van der Waals surface area contributed by atoms with E-state index in [4.69, 9.17) is 9.47 Å². The van der Waals surface area contributed by atoms with E-state index >= 15 is 0 Å². The number of benzene rings is 1. The molecule has 0 aliphatic heterocycles. The van der Waals surface area contributed by atoms with Gasteiger partial charge in [0.15, 0.2) is 21.3 Å². The molecule has 18 heavy (non-hydrogen) atoms. The molecule has 0 aliphatic rings. The molecule has 0 aliphatic carbocycles. The fourth-order valence-corrected chi connectivity index (χ4v) is 1.93. The average molecular weight is 272 g/mol. The Bertz CT molecular complexity index is 507. The summed E-state index contributed by atoms with van der Waals surface area (Å²) in [5, 5.41) is 0. The SMILES string of the molecule is CCS(=O)(=O)CCOc1cc(C=O)ccc1OC. The van der Waals surface area contributed by atoms with Crippen molar-refractivity contribution in [2.45, 2.75) is 6.92 Å². The summed E-state index contributed by atoms with van der Waals surface area (Å²) in [4.78, 5) is 10.6. The smallest absolute Gasteiger partial charge is 0.161 e. The first-order chi connectivity index (χ1) is 8.52. The normalized spacial score (nSPS) is 11.0. The van der Waals surface area contributed by atoms with E-state index in [1.54, 1.807) is 19.1 Å². The monoisotopic (exact) mass is 272 g/mol. The molecule has 0 spiro atoms. The molecule has 5 nitrogen and oxygen atoms in total. The van der Waals surface area contributed by atoms with E-state index < -0.39 is 9.84 Å². The van der Waals surface area contributed by atoms with Gasteiger partial charge < -0.3 is 9.47 Å². The number of carbonyl (C=O) groups is 1. The Kier molecular flexibility index (Phi) is 5.15. The Morgan fingerprint density at radius 1 is 1.28 bits per heavy atom. The number of rotatable bonds is 7. The third kappa shape index (κ3) is 4.03. The van der Waals surface area contributed by atoms with Gasteiger partial charge in [-0.2, -0.15) is 0 Å². The molecule has 0 heterocycles. The lowest BCUT2D eigenvalue weighted by atomic mass is 10.2. The summed E-state index contributed by atoms with van der Waals surface area (Å²) in [5.74, 6) is 0.864. The zero-order valence-corrected chi connectivity index (χ0v) is 11.2. The minimum atomic E-state index is -3.06. The Labute approximate surface area is 107 Å². The highest BCUT2D eigenvalue weighted by Crippen LogP contribution is 2.27. The van der Waals surface area contributed by atoms with Crippen LogP contribution in [0, 0.1) is 0 Å². The molecule has 0 aromatic heterocycles. The topological polar surface area (TPSA) is 69.7 Å². The van der Waals surface area contributed by atoms with Crippen LogP contribution in [0.25, 0.3) is 0 Å². The van der Waals surface area contributed by atoms with Crippen LogP contribution in [0.3, 0.4) is 0 Å². The Morgan fingerprint density at radius 2 is 2.00 bits per heavy atom. The number of carbonyl (C=O) groups excluding carboxylic acids is 1. The summed E-state index contributed by atoms with van der Waals surface area (Å²) in [5.41, 5.74) is 0.448. The van der Waals surface area contributed by atoms with Gasteiger partial charge in [-0.05, 0) is 18.2 Å². The lowest BCUT2D eigenvalue weighted by molar-refractivity contribution is 0.112. The van der Waals surface area contributed by atoms with Crippen molar-refractivity contribution in [2.24, 2.45) is 0 Å². The van der Waals surface area contributed by atoms with Gasteiger partial charge in [-0.3, -0.25) is 4.79 Å². The van der Waals surface area contributed by atoms with Crippen LogP contribution in [-0.4, -0.2) is 39.9 Å². The second-order valence-electron chi connectivity index (χ2n) is 3.61. The van der Waals surface area contributed by atoms with E-state index in [1.165, 1.54) is 13.2 Å². The van der Waals surface area contributed by atoms with Crippen molar-refractivity contribution in [3.05, 3.63) is 23.8 Å². The van der Waals surface area contributed by atoms with E-state index in [9.17, 15) is 13.2 Å². The quantitative estimate of drug-likeness (QED) is 0.700. The van der Waals surface area contributed by atoms with Crippen molar-refractivity contribution in [3.63, 3.8) is 0 Å². The Hall–Kier alpha value is -1.56. The molecule has 0 fully saturated rings. The zero-order chi connectivity index (χ0) is 13.6. The van der Waals surface area contributed by atoms with Gasteiger partial charge in [-0.1, -0.05) is 6.92 Å². The van der Waals surface area contributed by atoms with Gasteiger partial charge in [0.2, 0.25) is 0 Å². The van der Waals surface area contributed by atoms with Gasteiger partial charge in [0, 0.05) is 11.3 Å². The molecule has 0 saturated carbocycles. The van der Waals surface area contributed by atoms with Gasteiger partial charge in [-0.15, -0.1) is 0 Å². The maximum absolute atomic E-state index is 11.3. The van der Waals surface area contributed by atoms with Crippen LogP contribution in [0.2, 0.25) is 0 Å². The van der Waals surface area contributed by atoms with Crippen LogP contribution in [0.4, 0.5) is 0 Å². The fourth-order valence-electron chi connectivity index (χ4n) is 1.30. The van der Waals surface area contributed by atoms with E-state index in [2.05, 4.69) is 0 Å². The fraction of sp³-hybridized carbons (Fsp3) is 0.417. The molecular weight excluding hydrogens is 256 g/mol. The second kappa shape index (κ2) is 6.39. The van der Waals surface area contributed by atoms with Crippen LogP contribution in [0.1, 0.15) is 17.3 Å². The van der Waals surface area contributed by atoms with Crippen molar-refractivity contribution < 1.29 is 22.7 Å². The van der Waals surface area contributed by atoms with Crippen LogP contribution in [-0.2, 0) is 9.84 Å². The van der Waals surface area contributed by atoms with Gasteiger partial charge >= 0.3 is 0 Å². The lowest BCUT2D eigenvalue weighted by Crippen LogP contribution is -2.15. The van der Waals surface area contributed by atoms with Crippen molar-refractivity contribution in [2.75, 3.05) is 25.2 Å². The number of sulfone groups is 1. The highest BCUT2D eigenvalue weighted by atomic mass is 32.2. The first-order valence-electron chi connectivity index (χ1n) is 5.49. The summed E-state index contributed by atoms with van der Waals surface area (Å²) in [6.45, 7) is 1.62. The maximum atomic E-state index is 11.3. The average Bonchev–Trinajstić information content (AvgIpc) is 2.38. The third-order valence-electron chi connectivity index (χ3n) is 2.42. The molecule has 0 atom stereocenters. The molecule has 0 N–H and O–H groups in total. The van der Waals surface area contributed by atoms with Crippen LogP contribution in [0.5, 0.6) is 11.5 Å². The number of hydrogen-bond acceptors (Lipinski definition) is 5. The molecule has 1 aromatic carbocycles. The minimum absolute atomic E-state index is 0.0366. The maximum Gasteiger partial charge on any atom is 0.161 e. The van der Waals surface area contributed by atoms with Crippen LogP contribution < -0.4 is 9.47 Å². The van der Waals surface area contributed by atoms with Crippen molar-refractivity contribution in [1.82, 2.24) is 0 Å². The molecule has 6 heteroatoms. The van der Waals surface area contributed by atoms with Gasteiger partial charge in [0.1, 0.15) is 12.9 Å². The number of hydrogen-bond donors (Lipinski definition) is 0. The molecule has 1 aromatic rings. The lowest BCUT2D eigenvalue weighted by Gasteiger charge is -2.10. The van der Waals surface area contributed by atoms with E-state index in [0.717, 1.165) is 0 Å². The predicted octanol–water partition coefficient (Wildman–Crippen LogP) is 1.32. The molecule has 0 unspecified atom stereocenters. The number of methoxy groups -OCH3 is 1. The standard InChI is InChI=1S/C12H16O5S/c1-3-18(14,15)7-6-17-12-8-10(9-13)4-5-11(12)16-2/h4-5,8-9H,3,6-7H2,1-2H3. The molecule has 1 rings (SSSR count). The Balaban J connectivity index is 2.74. The van der Waals surface area contributed by atoms with Crippen LogP contribution >= 0.6 is 0 Å². The van der Waals surface area contributed by atoms with Crippen molar-refractivity contribution in [3.8, 4) is 11.5 Å². The molecule has 100 valence electrons. The van der Waals surface area contributed by atoms with Crippen molar-refractivity contribution in [1.29, 1.82) is 0 Å². The number of ether oxygens (including phenoxy) is 2. The first-order valence-corrected chi connectivity index (χ1v) is 7.31. The summed E-state index contributed by atoms with van der Waals surface area (Å²) in [7, 11) is -1.58. The largest absolute Gasteiger partial charge is 0.493 e. The zero-order valence-electron chi connectivity index (χ0n) is 10.4. The third-order valence-corrected chi connectivity index (χ3v) is 4.08. The molecule has 0 saturated heterocycles. The van der Waals surface area contributed by atoms with E-state index in [0.29, 0.717) is 23.3 Å². The Morgan fingerprint density at radius 3 is 2.56 bits per heavy atom. The van der Waals surface area contributed by atoms with Gasteiger partial charge in [0.25, 0.3) is 0 Å².